The van der Waals surface area contributed by atoms with Crippen molar-refractivity contribution in [2.24, 2.45) is 0 Å². The van der Waals surface area contributed by atoms with Crippen LogP contribution in [-0.4, -0.2) is 36.1 Å². The Morgan fingerprint density at radius 2 is 2.00 bits per heavy atom. The maximum Gasteiger partial charge on any atom is 0.0113 e. The van der Waals surface area contributed by atoms with Crippen LogP contribution in [0.2, 0.25) is 0 Å². The van der Waals surface area contributed by atoms with E-state index in [0.29, 0.717) is 0 Å². The molecule has 1 fully saturated rings. The zero-order chi connectivity index (χ0) is 12.0. The SMILES string of the molecule is CCCNC1CCC(N(CC)C(C)CC)C1. The smallest absolute Gasteiger partial charge is 0.0113 e. The predicted molar refractivity (Wildman–Crippen MR) is 71.9 cm³/mol. The van der Waals surface area contributed by atoms with Gasteiger partial charge in [0.1, 0.15) is 0 Å². The lowest BCUT2D eigenvalue weighted by molar-refractivity contribution is 0.148. The Kier molecular flexibility index (Phi) is 6.37. The average Bonchev–Trinajstić information content (AvgIpc) is 2.75. The summed E-state index contributed by atoms with van der Waals surface area (Å²) in [6.45, 7) is 11.6. The number of rotatable bonds is 7. The number of nitrogens with zero attached hydrogens (tertiary/aromatic N) is 1. The van der Waals surface area contributed by atoms with Crippen LogP contribution in [-0.2, 0) is 0 Å². The Labute approximate surface area is 102 Å². The maximum absolute atomic E-state index is 3.67. The lowest BCUT2D eigenvalue weighted by Crippen LogP contribution is -2.41. The molecule has 2 heteroatoms. The third kappa shape index (κ3) is 3.74. The summed E-state index contributed by atoms with van der Waals surface area (Å²) in [5.74, 6) is 0. The first-order valence-electron chi connectivity index (χ1n) is 7.21. The summed E-state index contributed by atoms with van der Waals surface area (Å²) in [6.07, 6.45) is 6.65. The van der Waals surface area contributed by atoms with E-state index in [1.54, 1.807) is 0 Å². The summed E-state index contributed by atoms with van der Waals surface area (Å²) in [6, 6.07) is 2.36. The van der Waals surface area contributed by atoms with E-state index in [-0.39, 0.29) is 0 Å². The molecule has 96 valence electrons. The molecule has 1 rings (SSSR count). The molecular weight excluding hydrogens is 196 g/mol. The van der Waals surface area contributed by atoms with E-state index >= 15 is 0 Å². The van der Waals surface area contributed by atoms with Gasteiger partial charge in [0, 0.05) is 18.1 Å². The molecule has 1 N–H and O–H groups in total. The first kappa shape index (κ1) is 14.0. The van der Waals surface area contributed by atoms with E-state index in [4.69, 9.17) is 0 Å². The molecule has 0 aromatic rings. The van der Waals surface area contributed by atoms with Crippen LogP contribution in [0.3, 0.4) is 0 Å². The van der Waals surface area contributed by atoms with Crippen molar-refractivity contribution in [3.8, 4) is 0 Å². The molecular formula is C14H30N2. The number of hydrogen-bond acceptors (Lipinski definition) is 2. The monoisotopic (exact) mass is 226 g/mol. The van der Waals surface area contributed by atoms with E-state index in [0.717, 1.165) is 18.1 Å². The predicted octanol–water partition coefficient (Wildman–Crippen LogP) is 3.03. The van der Waals surface area contributed by atoms with Gasteiger partial charge in [-0.25, -0.2) is 0 Å². The van der Waals surface area contributed by atoms with Crippen molar-refractivity contribution in [3.63, 3.8) is 0 Å². The lowest BCUT2D eigenvalue weighted by Gasteiger charge is -2.33. The highest BCUT2D eigenvalue weighted by Gasteiger charge is 2.29. The van der Waals surface area contributed by atoms with E-state index in [2.05, 4.69) is 37.9 Å². The fourth-order valence-electron chi connectivity index (χ4n) is 2.96. The first-order chi connectivity index (χ1) is 7.72. The highest BCUT2D eigenvalue weighted by Crippen LogP contribution is 2.26. The topological polar surface area (TPSA) is 15.3 Å². The van der Waals surface area contributed by atoms with Gasteiger partial charge in [-0.1, -0.05) is 20.8 Å². The normalized spacial score (nSPS) is 27.6. The van der Waals surface area contributed by atoms with Crippen LogP contribution in [0, 0.1) is 0 Å². The second-order valence-corrected chi connectivity index (χ2v) is 5.21. The lowest BCUT2D eigenvalue weighted by atomic mass is 10.1. The molecule has 0 heterocycles. The third-order valence-electron chi connectivity index (χ3n) is 4.08. The van der Waals surface area contributed by atoms with Crippen molar-refractivity contribution in [2.75, 3.05) is 13.1 Å². The standard InChI is InChI=1S/C14H30N2/c1-5-10-15-13-8-9-14(11-13)16(7-3)12(4)6-2/h12-15H,5-11H2,1-4H3. The van der Waals surface area contributed by atoms with Crippen LogP contribution in [0.25, 0.3) is 0 Å². The minimum Gasteiger partial charge on any atom is -0.314 e. The summed E-state index contributed by atoms with van der Waals surface area (Å²) in [4.78, 5) is 2.70. The maximum atomic E-state index is 3.67. The van der Waals surface area contributed by atoms with Crippen molar-refractivity contribution in [3.05, 3.63) is 0 Å². The zero-order valence-corrected chi connectivity index (χ0v) is 11.6. The van der Waals surface area contributed by atoms with Gasteiger partial charge in [-0.05, 0) is 52.1 Å². The summed E-state index contributed by atoms with van der Waals surface area (Å²) in [5.41, 5.74) is 0. The molecule has 0 aromatic carbocycles. The van der Waals surface area contributed by atoms with E-state index < -0.39 is 0 Å². The fourth-order valence-corrected chi connectivity index (χ4v) is 2.96. The molecule has 3 atom stereocenters. The Morgan fingerprint density at radius 1 is 1.25 bits per heavy atom. The van der Waals surface area contributed by atoms with Gasteiger partial charge < -0.3 is 5.32 Å². The first-order valence-corrected chi connectivity index (χ1v) is 7.21. The number of nitrogens with one attached hydrogen (secondary N) is 1. The molecule has 0 aliphatic heterocycles. The summed E-state index contributed by atoms with van der Waals surface area (Å²) in [5, 5.41) is 3.67. The third-order valence-corrected chi connectivity index (χ3v) is 4.08. The van der Waals surface area contributed by atoms with Gasteiger partial charge in [-0.2, -0.15) is 0 Å². The van der Waals surface area contributed by atoms with Crippen LogP contribution in [0.15, 0.2) is 0 Å². The van der Waals surface area contributed by atoms with Gasteiger partial charge in [0.25, 0.3) is 0 Å². The summed E-state index contributed by atoms with van der Waals surface area (Å²) in [7, 11) is 0. The van der Waals surface area contributed by atoms with Crippen LogP contribution < -0.4 is 5.32 Å². The molecule has 0 spiro atoms. The van der Waals surface area contributed by atoms with Gasteiger partial charge in [-0.3, -0.25) is 4.90 Å². The van der Waals surface area contributed by atoms with Crippen molar-refractivity contribution in [1.82, 2.24) is 10.2 Å². The molecule has 1 saturated carbocycles. The molecule has 3 unspecified atom stereocenters. The fraction of sp³-hybridized carbons (Fsp3) is 1.00. The Balaban J connectivity index is 2.37. The average molecular weight is 226 g/mol. The molecule has 1 aliphatic carbocycles. The van der Waals surface area contributed by atoms with Gasteiger partial charge in [0.15, 0.2) is 0 Å². The van der Waals surface area contributed by atoms with Crippen LogP contribution in [0.1, 0.15) is 59.8 Å². The Morgan fingerprint density at radius 3 is 2.56 bits per heavy atom. The minimum absolute atomic E-state index is 0.750. The molecule has 0 aromatic heterocycles. The van der Waals surface area contributed by atoms with E-state index in [1.807, 2.05) is 0 Å². The molecule has 0 saturated heterocycles. The second-order valence-electron chi connectivity index (χ2n) is 5.21. The Hall–Kier alpha value is -0.0800. The minimum atomic E-state index is 0.750. The largest absolute Gasteiger partial charge is 0.314 e. The molecule has 2 nitrogen and oxygen atoms in total. The Bertz CT molecular complexity index is 182. The summed E-state index contributed by atoms with van der Waals surface area (Å²) < 4.78 is 0. The van der Waals surface area contributed by atoms with Crippen molar-refractivity contribution in [1.29, 1.82) is 0 Å². The van der Waals surface area contributed by atoms with Crippen molar-refractivity contribution in [2.45, 2.75) is 77.9 Å². The van der Waals surface area contributed by atoms with Gasteiger partial charge >= 0.3 is 0 Å². The highest BCUT2D eigenvalue weighted by atomic mass is 15.2. The van der Waals surface area contributed by atoms with E-state index in [1.165, 1.54) is 45.2 Å². The van der Waals surface area contributed by atoms with Crippen molar-refractivity contribution >= 4 is 0 Å². The number of hydrogen-bond donors (Lipinski definition) is 1. The second kappa shape index (κ2) is 7.29. The van der Waals surface area contributed by atoms with Crippen LogP contribution in [0.5, 0.6) is 0 Å². The molecule has 16 heavy (non-hydrogen) atoms. The molecule has 0 bridgehead atoms. The van der Waals surface area contributed by atoms with E-state index in [9.17, 15) is 0 Å². The molecule has 0 amide bonds. The van der Waals surface area contributed by atoms with Crippen LogP contribution in [0.4, 0.5) is 0 Å². The zero-order valence-electron chi connectivity index (χ0n) is 11.6. The van der Waals surface area contributed by atoms with Gasteiger partial charge in [0.2, 0.25) is 0 Å². The summed E-state index contributed by atoms with van der Waals surface area (Å²) >= 11 is 0. The molecule has 0 radical (unpaired) electrons. The van der Waals surface area contributed by atoms with Gasteiger partial charge in [0.05, 0.1) is 0 Å². The quantitative estimate of drug-likeness (QED) is 0.718. The molecule has 1 aliphatic rings. The highest BCUT2D eigenvalue weighted by molar-refractivity contribution is 4.88. The van der Waals surface area contributed by atoms with Crippen molar-refractivity contribution < 1.29 is 0 Å². The van der Waals surface area contributed by atoms with Gasteiger partial charge in [-0.15, -0.1) is 0 Å². The van der Waals surface area contributed by atoms with Crippen LogP contribution >= 0.6 is 0 Å².